The summed E-state index contributed by atoms with van der Waals surface area (Å²) in [6, 6.07) is 12.7. The summed E-state index contributed by atoms with van der Waals surface area (Å²) in [5.74, 6) is -3.86. The van der Waals surface area contributed by atoms with Gasteiger partial charge in [0.15, 0.2) is 11.6 Å². The van der Waals surface area contributed by atoms with Crippen LogP contribution >= 0.6 is 0 Å². The van der Waals surface area contributed by atoms with Crippen LogP contribution < -0.4 is 15.8 Å². The highest BCUT2D eigenvalue weighted by Crippen LogP contribution is 2.33. The van der Waals surface area contributed by atoms with E-state index in [0.29, 0.717) is 35.4 Å². The molecule has 1 unspecified atom stereocenters. The van der Waals surface area contributed by atoms with E-state index < -0.39 is 35.5 Å². The van der Waals surface area contributed by atoms with Crippen molar-refractivity contribution in [1.82, 2.24) is 5.32 Å². The van der Waals surface area contributed by atoms with Gasteiger partial charge in [0, 0.05) is 11.1 Å². The summed E-state index contributed by atoms with van der Waals surface area (Å²) in [5.41, 5.74) is 7.10. The van der Waals surface area contributed by atoms with Gasteiger partial charge in [-0.1, -0.05) is 12.1 Å². The molecule has 1 aliphatic heterocycles. The van der Waals surface area contributed by atoms with Crippen molar-refractivity contribution in [1.29, 1.82) is 0 Å². The van der Waals surface area contributed by atoms with Crippen LogP contribution in [0.15, 0.2) is 65.3 Å². The fourth-order valence-electron chi connectivity index (χ4n) is 4.33. The zero-order chi connectivity index (χ0) is 26.8. The van der Waals surface area contributed by atoms with Crippen LogP contribution in [-0.2, 0) is 16.1 Å². The van der Waals surface area contributed by atoms with E-state index in [1.807, 2.05) is 0 Å². The number of carbonyl (C=O) groups is 3. The Morgan fingerprint density at radius 3 is 2.50 bits per heavy atom. The number of benzene rings is 3. The zero-order valence-corrected chi connectivity index (χ0v) is 20.0. The molecule has 3 N–H and O–H groups in total. The van der Waals surface area contributed by atoms with Crippen molar-refractivity contribution in [2.75, 3.05) is 6.54 Å². The minimum Gasteiger partial charge on any atom is -0.489 e. The number of amides is 1. The SMILES string of the molecule is NC(=O)c1cc(COc2ccc(-c3cc(F)c(F)c4ccoc34)cc2)cc(C(=O)OC(=O)C2CCCN2)c1. The first-order chi connectivity index (χ1) is 18.3. The van der Waals surface area contributed by atoms with Crippen LogP contribution in [0.4, 0.5) is 8.78 Å². The zero-order valence-electron chi connectivity index (χ0n) is 20.0. The number of hydrogen-bond acceptors (Lipinski definition) is 7. The lowest BCUT2D eigenvalue weighted by atomic mass is 10.0. The van der Waals surface area contributed by atoms with E-state index in [1.165, 1.54) is 30.5 Å². The molecule has 1 fully saturated rings. The van der Waals surface area contributed by atoms with E-state index in [-0.39, 0.29) is 28.7 Å². The Hall–Kier alpha value is -4.57. The summed E-state index contributed by atoms with van der Waals surface area (Å²) in [5, 5.41) is 3.00. The first-order valence-electron chi connectivity index (χ1n) is 11.8. The molecule has 1 aliphatic rings. The first-order valence-corrected chi connectivity index (χ1v) is 11.8. The molecule has 194 valence electrons. The molecule has 1 atom stereocenters. The van der Waals surface area contributed by atoms with Crippen molar-refractivity contribution in [3.8, 4) is 16.9 Å². The highest BCUT2D eigenvalue weighted by Gasteiger charge is 2.26. The van der Waals surface area contributed by atoms with Gasteiger partial charge >= 0.3 is 11.9 Å². The third kappa shape index (κ3) is 5.12. The van der Waals surface area contributed by atoms with Crippen molar-refractivity contribution in [3.63, 3.8) is 0 Å². The summed E-state index contributed by atoms with van der Waals surface area (Å²) in [6.45, 7) is 0.633. The van der Waals surface area contributed by atoms with Crippen LogP contribution in [-0.4, -0.2) is 30.4 Å². The number of carbonyl (C=O) groups excluding carboxylic acids is 3. The maximum absolute atomic E-state index is 14.1. The van der Waals surface area contributed by atoms with Gasteiger partial charge in [-0.05, 0) is 73.0 Å². The predicted octanol–water partition coefficient (Wildman–Crippen LogP) is 4.49. The number of halogens is 2. The standard InChI is InChI=1S/C28H22F2N2O6/c29-22-13-21(25-20(24(22)30)7-9-36-25)16-3-5-19(6-4-16)37-14-15-10-17(26(31)33)12-18(11-15)27(34)38-28(35)23-2-1-8-32-23/h3-7,9-13,23,32H,1-2,8,14H2,(H2,31,33). The minimum absolute atomic E-state index is 0.0117. The second kappa shape index (κ2) is 10.4. The number of furan rings is 1. The van der Waals surface area contributed by atoms with E-state index in [2.05, 4.69) is 5.32 Å². The average molecular weight is 520 g/mol. The molecule has 10 heteroatoms. The molecule has 4 aromatic rings. The lowest BCUT2D eigenvalue weighted by molar-refractivity contribution is -0.139. The quantitative estimate of drug-likeness (QED) is 0.272. The molecule has 8 nitrogen and oxygen atoms in total. The van der Waals surface area contributed by atoms with Crippen LogP contribution in [0, 0.1) is 11.6 Å². The van der Waals surface area contributed by atoms with Gasteiger partial charge in [0.05, 0.1) is 17.2 Å². The Morgan fingerprint density at radius 1 is 1.03 bits per heavy atom. The number of esters is 2. The molecule has 0 bridgehead atoms. The van der Waals surface area contributed by atoms with E-state index >= 15 is 0 Å². The fraction of sp³-hybridized carbons (Fsp3) is 0.179. The Bertz CT molecular complexity index is 1540. The van der Waals surface area contributed by atoms with Crippen molar-refractivity contribution in [2.45, 2.75) is 25.5 Å². The van der Waals surface area contributed by atoms with Crippen molar-refractivity contribution >= 4 is 28.8 Å². The molecule has 0 aliphatic carbocycles. The number of hydrogen-bond donors (Lipinski definition) is 2. The topological polar surface area (TPSA) is 121 Å². The minimum atomic E-state index is -0.987. The predicted molar refractivity (Wildman–Crippen MR) is 132 cm³/mol. The maximum atomic E-state index is 14.1. The van der Waals surface area contributed by atoms with Crippen molar-refractivity contribution < 1.29 is 37.1 Å². The lowest BCUT2D eigenvalue weighted by Crippen LogP contribution is -2.33. The number of primary amides is 1. The third-order valence-corrected chi connectivity index (χ3v) is 6.25. The molecule has 38 heavy (non-hydrogen) atoms. The summed E-state index contributed by atoms with van der Waals surface area (Å²) in [4.78, 5) is 36.6. The van der Waals surface area contributed by atoms with Crippen LogP contribution in [0.1, 0.15) is 39.1 Å². The molecule has 2 heterocycles. The van der Waals surface area contributed by atoms with Crippen LogP contribution in [0.3, 0.4) is 0 Å². The number of nitrogens with two attached hydrogens (primary N) is 1. The largest absolute Gasteiger partial charge is 0.489 e. The fourth-order valence-corrected chi connectivity index (χ4v) is 4.33. The number of ether oxygens (including phenoxy) is 2. The number of rotatable bonds is 7. The third-order valence-electron chi connectivity index (χ3n) is 6.25. The molecule has 5 rings (SSSR count). The second-order valence-corrected chi connectivity index (χ2v) is 8.84. The average Bonchev–Trinajstić information content (AvgIpc) is 3.63. The summed E-state index contributed by atoms with van der Waals surface area (Å²) in [7, 11) is 0. The molecular formula is C28H22F2N2O6. The van der Waals surface area contributed by atoms with E-state index in [9.17, 15) is 23.2 Å². The van der Waals surface area contributed by atoms with Gasteiger partial charge in [0.25, 0.3) is 0 Å². The number of fused-ring (bicyclic) bond motifs is 1. The van der Waals surface area contributed by atoms with Crippen LogP contribution in [0.2, 0.25) is 0 Å². The molecule has 1 amide bonds. The molecule has 0 spiro atoms. The van der Waals surface area contributed by atoms with Gasteiger partial charge in [-0.15, -0.1) is 0 Å². The van der Waals surface area contributed by atoms with Crippen molar-refractivity contribution in [3.05, 3.63) is 89.2 Å². The normalized spacial score (nSPS) is 14.9. The molecule has 0 radical (unpaired) electrons. The Kier molecular flexibility index (Phi) is 6.89. The van der Waals surface area contributed by atoms with Gasteiger partial charge in [0.2, 0.25) is 5.91 Å². The lowest BCUT2D eigenvalue weighted by Gasteiger charge is -2.12. The van der Waals surface area contributed by atoms with E-state index in [0.717, 1.165) is 12.5 Å². The van der Waals surface area contributed by atoms with Gasteiger partial charge in [-0.25, -0.2) is 18.4 Å². The monoisotopic (exact) mass is 520 g/mol. The van der Waals surface area contributed by atoms with Crippen LogP contribution in [0.25, 0.3) is 22.1 Å². The molecule has 0 saturated carbocycles. The smallest absolute Gasteiger partial charge is 0.345 e. The molecule has 1 aromatic heterocycles. The number of nitrogens with one attached hydrogen (secondary N) is 1. The van der Waals surface area contributed by atoms with E-state index in [1.54, 1.807) is 24.3 Å². The van der Waals surface area contributed by atoms with Crippen LogP contribution in [0.5, 0.6) is 5.75 Å². The van der Waals surface area contributed by atoms with Gasteiger partial charge in [-0.2, -0.15) is 0 Å². The van der Waals surface area contributed by atoms with Gasteiger partial charge < -0.3 is 24.9 Å². The Balaban J connectivity index is 1.31. The molecule has 3 aromatic carbocycles. The summed E-state index contributed by atoms with van der Waals surface area (Å²) >= 11 is 0. The second-order valence-electron chi connectivity index (χ2n) is 8.84. The Labute approximate surface area is 215 Å². The highest BCUT2D eigenvalue weighted by atomic mass is 19.2. The first kappa shape index (κ1) is 25.1. The van der Waals surface area contributed by atoms with Crippen molar-refractivity contribution in [2.24, 2.45) is 5.73 Å². The molecular weight excluding hydrogens is 498 g/mol. The van der Waals surface area contributed by atoms with Gasteiger partial charge in [0.1, 0.15) is 24.0 Å². The Morgan fingerprint density at radius 2 is 1.79 bits per heavy atom. The maximum Gasteiger partial charge on any atom is 0.345 e. The van der Waals surface area contributed by atoms with Gasteiger partial charge in [-0.3, -0.25) is 4.79 Å². The highest BCUT2D eigenvalue weighted by molar-refractivity contribution is 6.01. The summed E-state index contributed by atoms with van der Waals surface area (Å²) < 4.78 is 44.2. The van der Waals surface area contributed by atoms with E-state index in [4.69, 9.17) is 19.6 Å². The summed E-state index contributed by atoms with van der Waals surface area (Å²) in [6.07, 6.45) is 2.68. The molecule has 1 saturated heterocycles.